The lowest BCUT2D eigenvalue weighted by molar-refractivity contribution is 0.0704. The zero-order chi connectivity index (χ0) is 13.3. The molecule has 1 fully saturated rings. The van der Waals surface area contributed by atoms with E-state index in [9.17, 15) is 13.6 Å². The van der Waals surface area contributed by atoms with Crippen molar-refractivity contribution in [3.63, 3.8) is 0 Å². The Morgan fingerprint density at radius 2 is 1.94 bits per heavy atom. The minimum Gasteiger partial charge on any atom is -0.338 e. The first-order valence-electron chi connectivity index (χ1n) is 6.00. The van der Waals surface area contributed by atoms with Crippen LogP contribution < -0.4 is 5.73 Å². The van der Waals surface area contributed by atoms with E-state index in [0.29, 0.717) is 25.9 Å². The smallest absolute Gasteiger partial charge is 0.259 e. The highest BCUT2D eigenvalue weighted by atomic mass is 19.1. The third-order valence-electron chi connectivity index (χ3n) is 3.32. The van der Waals surface area contributed by atoms with E-state index in [0.717, 1.165) is 6.07 Å². The van der Waals surface area contributed by atoms with Crippen LogP contribution in [0.2, 0.25) is 0 Å². The van der Waals surface area contributed by atoms with Crippen LogP contribution in [0.5, 0.6) is 0 Å². The molecular formula is C13H16F2N2O. The molecule has 2 N–H and O–H groups in total. The summed E-state index contributed by atoms with van der Waals surface area (Å²) < 4.78 is 27.4. The van der Waals surface area contributed by atoms with Gasteiger partial charge in [0.2, 0.25) is 0 Å². The van der Waals surface area contributed by atoms with Gasteiger partial charge in [0, 0.05) is 19.1 Å². The van der Waals surface area contributed by atoms with E-state index in [4.69, 9.17) is 5.73 Å². The highest BCUT2D eigenvalue weighted by Crippen LogP contribution is 2.20. The number of hydrogen-bond donors (Lipinski definition) is 1. The molecule has 2 rings (SSSR count). The number of carbonyl (C=O) groups excluding carboxylic acids is 1. The monoisotopic (exact) mass is 254 g/mol. The second-order valence-corrected chi connectivity index (χ2v) is 4.68. The number of piperidine rings is 1. The fourth-order valence-corrected chi connectivity index (χ4v) is 2.11. The summed E-state index contributed by atoms with van der Waals surface area (Å²) in [6, 6.07) is 2.52. The Balaban J connectivity index is 2.26. The fourth-order valence-electron chi connectivity index (χ4n) is 2.11. The molecule has 0 radical (unpaired) electrons. The molecule has 0 bridgehead atoms. The molecule has 0 aliphatic carbocycles. The van der Waals surface area contributed by atoms with E-state index in [1.807, 2.05) is 0 Å². The Morgan fingerprint density at radius 1 is 1.33 bits per heavy atom. The number of halogens is 2. The van der Waals surface area contributed by atoms with Crippen LogP contribution in [0.15, 0.2) is 12.1 Å². The summed E-state index contributed by atoms with van der Waals surface area (Å²) in [5, 5.41) is 0. The van der Waals surface area contributed by atoms with Gasteiger partial charge in [0.15, 0.2) is 0 Å². The number of nitrogens with two attached hydrogens (primary N) is 1. The predicted molar refractivity (Wildman–Crippen MR) is 64.2 cm³/mol. The largest absolute Gasteiger partial charge is 0.338 e. The molecule has 0 saturated carbocycles. The van der Waals surface area contributed by atoms with Crippen LogP contribution in [-0.4, -0.2) is 29.9 Å². The van der Waals surface area contributed by atoms with Crippen molar-refractivity contribution in [3.8, 4) is 0 Å². The first-order chi connectivity index (χ1) is 8.50. The fraction of sp³-hybridized carbons (Fsp3) is 0.462. The SMILES string of the molecule is Cc1ccc(F)c(C(=O)N2CCC(N)CC2)c1F. The summed E-state index contributed by atoms with van der Waals surface area (Å²) in [6.07, 6.45) is 1.33. The van der Waals surface area contributed by atoms with Crippen LogP contribution in [0.25, 0.3) is 0 Å². The van der Waals surface area contributed by atoms with Crippen molar-refractivity contribution < 1.29 is 13.6 Å². The maximum Gasteiger partial charge on any atom is 0.259 e. The topological polar surface area (TPSA) is 46.3 Å². The number of likely N-dealkylation sites (tertiary alicyclic amines) is 1. The highest BCUT2D eigenvalue weighted by molar-refractivity contribution is 5.95. The summed E-state index contributed by atoms with van der Waals surface area (Å²) in [6.45, 7) is 2.41. The van der Waals surface area contributed by atoms with Gasteiger partial charge in [-0.25, -0.2) is 8.78 Å². The second kappa shape index (κ2) is 5.02. The quantitative estimate of drug-likeness (QED) is 0.831. The molecule has 1 heterocycles. The Labute approximate surface area is 105 Å². The molecule has 1 aliphatic heterocycles. The van der Waals surface area contributed by atoms with Crippen LogP contribution in [0.3, 0.4) is 0 Å². The normalized spacial score (nSPS) is 17.0. The van der Waals surface area contributed by atoms with Crippen molar-refractivity contribution in [2.24, 2.45) is 5.73 Å². The average Bonchev–Trinajstić information content (AvgIpc) is 2.35. The molecule has 1 aromatic rings. The van der Waals surface area contributed by atoms with Gasteiger partial charge < -0.3 is 10.6 Å². The highest BCUT2D eigenvalue weighted by Gasteiger charge is 2.26. The van der Waals surface area contributed by atoms with Crippen molar-refractivity contribution >= 4 is 5.91 Å². The lowest BCUT2D eigenvalue weighted by Gasteiger charge is -2.30. The van der Waals surface area contributed by atoms with Crippen LogP contribution in [-0.2, 0) is 0 Å². The zero-order valence-corrected chi connectivity index (χ0v) is 10.2. The summed E-state index contributed by atoms with van der Waals surface area (Å²) >= 11 is 0. The van der Waals surface area contributed by atoms with E-state index in [-0.39, 0.29) is 11.6 Å². The lowest BCUT2D eigenvalue weighted by Crippen LogP contribution is -2.43. The number of hydrogen-bond acceptors (Lipinski definition) is 2. The number of carbonyl (C=O) groups is 1. The van der Waals surface area contributed by atoms with Crippen LogP contribution in [0.4, 0.5) is 8.78 Å². The Bertz CT molecular complexity index is 468. The van der Waals surface area contributed by atoms with Gasteiger partial charge in [0.25, 0.3) is 5.91 Å². The van der Waals surface area contributed by atoms with E-state index < -0.39 is 23.1 Å². The van der Waals surface area contributed by atoms with Gasteiger partial charge in [0.1, 0.15) is 17.2 Å². The predicted octanol–water partition coefficient (Wildman–Crippen LogP) is 1.84. The summed E-state index contributed by atoms with van der Waals surface area (Å²) in [5.74, 6) is -2.16. The average molecular weight is 254 g/mol. The molecule has 3 nitrogen and oxygen atoms in total. The molecule has 0 atom stereocenters. The van der Waals surface area contributed by atoms with Gasteiger partial charge in [-0.1, -0.05) is 6.07 Å². The van der Waals surface area contributed by atoms with Crippen molar-refractivity contribution in [2.75, 3.05) is 13.1 Å². The molecule has 1 aliphatic rings. The molecule has 1 amide bonds. The van der Waals surface area contributed by atoms with Gasteiger partial charge in [-0.05, 0) is 31.4 Å². The lowest BCUT2D eigenvalue weighted by atomic mass is 10.0. The Kier molecular flexibility index (Phi) is 3.61. The summed E-state index contributed by atoms with van der Waals surface area (Å²) in [4.78, 5) is 13.6. The number of amides is 1. The van der Waals surface area contributed by atoms with Crippen molar-refractivity contribution in [1.29, 1.82) is 0 Å². The third-order valence-corrected chi connectivity index (χ3v) is 3.32. The Hall–Kier alpha value is -1.49. The van der Waals surface area contributed by atoms with E-state index in [1.165, 1.54) is 17.9 Å². The number of benzene rings is 1. The summed E-state index contributed by atoms with van der Waals surface area (Å²) in [7, 11) is 0. The van der Waals surface area contributed by atoms with Crippen molar-refractivity contribution in [1.82, 2.24) is 4.90 Å². The molecule has 0 unspecified atom stereocenters. The van der Waals surface area contributed by atoms with E-state index >= 15 is 0 Å². The minimum atomic E-state index is -0.807. The van der Waals surface area contributed by atoms with Crippen molar-refractivity contribution in [3.05, 3.63) is 34.9 Å². The molecular weight excluding hydrogens is 238 g/mol. The van der Waals surface area contributed by atoms with Gasteiger partial charge in [-0.2, -0.15) is 0 Å². The molecule has 98 valence electrons. The Morgan fingerprint density at radius 3 is 2.56 bits per heavy atom. The molecule has 0 aromatic heterocycles. The van der Waals surface area contributed by atoms with Crippen LogP contribution in [0, 0.1) is 18.6 Å². The molecule has 1 saturated heterocycles. The van der Waals surface area contributed by atoms with E-state index in [2.05, 4.69) is 0 Å². The third kappa shape index (κ3) is 2.36. The van der Waals surface area contributed by atoms with Crippen LogP contribution in [0.1, 0.15) is 28.8 Å². The maximum atomic E-state index is 13.8. The van der Waals surface area contributed by atoms with Crippen molar-refractivity contribution in [2.45, 2.75) is 25.8 Å². The first kappa shape index (κ1) is 13.0. The zero-order valence-electron chi connectivity index (χ0n) is 10.2. The molecule has 18 heavy (non-hydrogen) atoms. The van der Waals surface area contributed by atoms with Gasteiger partial charge in [0.05, 0.1) is 0 Å². The van der Waals surface area contributed by atoms with Gasteiger partial charge in [-0.3, -0.25) is 4.79 Å². The number of rotatable bonds is 1. The van der Waals surface area contributed by atoms with Crippen LogP contribution >= 0.6 is 0 Å². The number of aryl methyl sites for hydroxylation is 1. The standard InChI is InChI=1S/C13H16F2N2O/c1-8-2-3-10(14)11(12(8)15)13(18)17-6-4-9(16)5-7-17/h2-3,9H,4-7,16H2,1H3. The molecule has 0 spiro atoms. The van der Waals surface area contributed by atoms with Gasteiger partial charge >= 0.3 is 0 Å². The molecule has 5 heteroatoms. The number of nitrogens with zero attached hydrogens (tertiary/aromatic N) is 1. The maximum absolute atomic E-state index is 13.8. The van der Waals surface area contributed by atoms with E-state index in [1.54, 1.807) is 0 Å². The second-order valence-electron chi connectivity index (χ2n) is 4.68. The summed E-state index contributed by atoms with van der Waals surface area (Å²) in [5.41, 5.74) is 5.55. The van der Waals surface area contributed by atoms with Gasteiger partial charge in [-0.15, -0.1) is 0 Å². The minimum absolute atomic E-state index is 0.0706. The molecule has 1 aromatic carbocycles. The first-order valence-corrected chi connectivity index (χ1v) is 6.00.